The summed E-state index contributed by atoms with van der Waals surface area (Å²) < 4.78 is 14.2. The van der Waals surface area contributed by atoms with Crippen LogP contribution in [0.15, 0.2) is 255 Å². The zero-order chi connectivity index (χ0) is 50.5. The Morgan fingerprint density at radius 2 is 0.813 bits per heavy atom. The Hall–Kier alpha value is -9.25. The van der Waals surface area contributed by atoms with Crippen LogP contribution in [0.5, 0.6) is 23.0 Å². The predicted octanol–water partition coefficient (Wildman–Crippen LogP) is 20.6. The lowest BCUT2D eigenvalue weighted by Crippen LogP contribution is -2.10. The van der Waals surface area contributed by atoms with Gasteiger partial charge < -0.3 is 14.4 Å². The lowest BCUT2D eigenvalue weighted by atomic mass is 9.88. The molecule has 362 valence electrons. The molecule has 12 rings (SSSR count). The van der Waals surface area contributed by atoms with Crippen molar-refractivity contribution < 1.29 is 9.47 Å². The van der Waals surface area contributed by atoms with Gasteiger partial charge >= 0.3 is 0 Å². The van der Waals surface area contributed by atoms with E-state index in [0.29, 0.717) is 0 Å². The van der Waals surface area contributed by atoms with Crippen molar-refractivity contribution in [1.82, 2.24) is 4.98 Å². The van der Waals surface area contributed by atoms with Crippen LogP contribution in [0.1, 0.15) is 50.7 Å². The fourth-order valence-corrected chi connectivity index (χ4v) is 10.6. The molecule has 0 aliphatic carbocycles. The number of fused-ring (bicyclic) bond motifs is 4. The Bertz CT molecular complexity index is 3890. The minimum absolute atomic E-state index is 0.722. The van der Waals surface area contributed by atoms with Crippen LogP contribution in [0.2, 0.25) is 0 Å². The van der Waals surface area contributed by atoms with Gasteiger partial charge in [-0.2, -0.15) is 0 Å². The van der Waals surface area contributed by atoms with Crippen molar-refractivity contribution in [1.29, 1.82) is 0 Å². The number of para-hydroxylation sites is 3. The molecule has 0 spiro atoms. The number of allylic oxidation sites excluding steroid dienone is 2. The molecule has 0 N–H and O–H groups in total. The third-order valence-electron chi connectivity index (χ3n) is 14.2. The van der Waals surface area contributed by atoms with Crippen LogP contribution in [0.25, 0.3) is 76.6 Å². The number of aromatic nitrogens is 1. The van der Waals surface area contributed by atoms with E-state index in [2.05, 4.69) is 213 Å². The van der Waals surface area contributed by atoms with Crippen molar-refractivity contribution in [3.8, 4) is 45.3 Å². The highest BCUT2D eigenvalue weighted by atomic mass is 16.5. The van der Waals surface area contributed by atoms with Crippen molar-refractivity contribution >= 4 is 71.4 Å². The number of nitrogens with zero attached hydrogens (tertiary/aromatic N) is 2. The van der Waals surface area contributed by atoms with Gasteiger partial charge in [0.25, 0.3) is 0 Å². The van der Waals surface area contributed by atoms with E-state index in [1.807, 2.05) is 60.7 Å². The molecule has 0 unspecified atom stereocenters. The minimum atomic E-state index is 0.722. The van der Waals surface area contributed by atoms with E-state index in [0.717, 1.165) is 110 Å². The number of hydrogen-bond donors (Lipinski definition) is 0. The monoisotopic (exact) mass is 968 g/mol. The molecule has 0 amide bonds. The first kappa shape index (κ1) is 46.8. The van der Waals surface area contributed by atoms with Crippen LogP contribution in [-0.4, -0.2) is 4.98 Å². The van der Waals surface area contributed by atoms with Gasteiger partial charge in [0.15, 0.2) is 0 Å². The molecular formula is C71H56N2O2. The van der Waals surface area contributed by atoms with Crippen LogP contribution in [0, 0.1) is 0 Å². The van der Waals surface area contributed by atoms with Crippen molar-refractivity contribution in [2.45, 2.75) is 39.5 Å². The van der Waals surface area contributed by atoms with Crippen LogP contribution < -0.4 is 14.4 Å². The molecule has 75 heavy (non-hydrogen) atoms. The topological polar surface area (TPSA) is 34.6 Å². The summed E-state index contributed by atoms with van der Waals surface area (Å²) in [5, 5.41) is 7.90. The average Bonchev–Trinajstić information content (AvgIpc) is 3.47. The molecule has 11 aromatic carbocycles. The van der Waals surface area contributed by atoms with E-state index < -0.39 is 0 Å². The number of rotatable bonds is 15. The number of ether oxygens (including phenoxy) is 2. The molecule has 0 radical (unpaired) electrons. The number of pyridine rings is 1. The molecule has 0 atom stereocenters. The highest BCUT2D eigenvalue weighted by molar-refractivity contribution is 6.03. The maximum atomic E-state index is 7.11. The van der Waals surface area contributed by atoms with Crippen molar-refractivity contribution in [2.24, 2.45) is 0 Å². The Morgan fingerprint density at radius 1 is 0.360 bits per heavy atom. The fraction of sp³-hybridized carbons (Fsp3) is 0.0845. The maximum absolute atomic E-state index is 7.11. The molecule has 0 fully saturated rings. The van der Waals surface area contributed by atoms with Crippen molar-refractivity contribution in [2.75, 3.05) is 4.90 Å². The lowest BCUT2D eigenvalue weighted by Gasteiger charge is -2.28. The minimum Gasteiger partial charge on any atom is -0.457 e. The lowest BCUT2D eigenvalue weighted by molar-refractivity contribution is 0.483. The van der Waals surface area contributed by atoms with Crippen molar-refractivity contribution in [3.05, 3.63) is 266 Å². The summed E-state index contributed by atoms with van der Waals surface area (Å²) in [7, 11) is 0. The van der Waals surface area contributed by atoms with Gasteiger partial charge in [-0.05, 0) is 170 Å². The summed E-state index contributed by atoms with van der Waals surface area (Å²) in [6.45, 7) is 4.52. The Kier molecular flexibility index (Phi) is 13.1. The summed E-state index contributed by atoms with van der Waals surface area (Å²) in [5.74, 6) is 2.97. The normalized spacial score (nSPS) is 11.8. The summed E-state index contributed by atoms with van der Waals surface area (Å²) in [6, 6.07) is 88.3. The Morgan fingerprint density at radius 3 is 1.36 bits per heavy atom. The second-order valence-electron chi connectivity index (χ2n) is 19.3. The van der Waals surface area contributed by atoms with E-state index in [9.17, 15) is 0 Å². The van der Waals surface area contributed by atoms with Crippen molar-refractivity contribution in [3.63, 3.8) is 0 Å². The van der Waals surface area contributed by atoms with Crippen LogP contribution >= 0.6 is 0 Å². The highest BCUT2D eigenvalue weighted by Gasteiger charge is 2.22. The molecule has 1 aromatic heterocycles. The first-order valence-corrected chi connectivity index (χ1v) is 26.2. The fourth-order valence-electron chi connectivity index (χ4n) is 10.6. The van der Waals surface area contributed by atoms with Gasteiger partial charge in [0.2, 0.25) is 0 Å². The molecule has 0 saturated heterocycles. The van der Waals surface area contributed by atoms with Gasteiger partial charge in [-0.25, -0.2) is 0 Å². The van der Waals surface area contributed by atoms with E-state index >= 15 is 0 Å². The molecule has 12 aromatic rings. The number of hydrogen-bond acceptors (Lipinski definition) is 4. The van der Waals surface area contributed by atoms with Gasteiger partial charge in [0, 0.05) is 39.8 Å². The zero-order valence-electron chi connectivity index (χ0n) is 42.3. The molecule has 0 bridgehead atoms. The smallest absolute Gasteiger partial charge is 0.137 e. The zero-order valence-corrected chi connectivity index (χ0v) is 42.3. The second kappa shape index (κ2) is 21.1. The second-order valence-corrected chi connectivity index (χ2v) is 19.3. The third kappa shape index (κ3) is 9.87. The highest BCUT2D eigenvalue weighted by Crippen LogP contribution is 2.47. The molecule has 4 heteroatoms. The molecular weight excluding hydrogens is 913 g/mol. The molecule has 0 aliphatic rings. The van der Waals surface area contributed by atoms with Crippen LogP contribution in [0.4, 0.5) is 17.1 Å². The molecule has 0 saturated carbocycles. The Balaban J connectivity index is 1.07. The Labute approximate surface area is 439 Å². The van der Waals surface area contributed by atoms with Gasteiger partial charge in [0.05, 0.1) is 11.2 Å². The van der Waals surface area contributed by atoms with E-state index in [1.54, 1.807) is 0 Å². The number of anilines is 3. The van der Waals surface area contributed by atoms with Gasteiger partial charge in [-0.3, -0.25) is 4.98 Å². The maximum Gasteiger partial charge on any atom is 0.137 e. The van der Waals surface area contributed by atoms with Crippen LogP contribution in [-0.2, 0) is 0 Å². The van der Waals surface area contributed by atoms with Crippen LogP contribution in [0.3, 0.4) is 0 Å². The third-order valence-corrected chi connectivity index (χ3v) is 14.2. The van der Waals surface area contributed by atoms with Gasteiger partial charge in [0.1, 0.15) is 23.0 Å². The van der Waals surface area contributed by atoms with E-state index in [4.69, 9.17) is 14.5 Å². The summed E-state index contributed by atoms with van der Waals surface area (Å²) in [5.41, 5.74) is 13.4. The van der Waals surface area contributed by atoms with E-state index in [1.165, 1.54) is 43.8 Å². The quantitative estimate of drug-likeness (QED) is 0.103. The van der Waals surface area contributed by atoms with E-state index in [-0.39, 0.29) is 0 Å². The molecule has 0 aliphatic heterocycles. The first-order valence-electron chi connectivity index (χ1n) is 26.2. The first-order chi connectivity index (χ1) is 37.0. The number of benzene rings is 11. The van der Waals surface area contributed by atoms with Gasteiger partial charge in [-0.1, -0.05) is 178 Å². The molecule has 4 nitrogen and oxygen atoms in total. The summed E-state index contributed by atoms with van der Waals surface area (Å²) >= 11 is 0. The molecule has 1 heterocycles. The average molecular weight is 969 g/mol. The van der Waals surface area contributed by atoms with Gasteiger partial charge in [-0.15, -0.1) is 0 Å². The summed E-state index contributed by atoms with van der Waals surface area (Å²) in [4.78, 5) is 7.29. The summed E-state index contributed by atoms with van der Waals surface area (Å²) in [6.07, 6.45) is 5.80. The standard InChI is InChI=1S/C71H56N2O2/c1-3-17-65(66(18-4-2)59-43-57-23-15-16-28-69(57)72-48-59)58-44-67-68(70(45-58)74-63-24-7-5-8-25-63)46-62(47-71(67)75-64-26-9-6-10-27-64)73(60-37-33-51(34-38-60)55-31-29-49-19-11-13-21-53(49)41-55)61-39-35-52(36-40-61)56-32-30-50-20-12-14-22-54(50)42-56/h5-16,19-48H,3-4,17-18H2,1-2H3/b66-65+. The largest absolute Gasteiger partial charge is 0.457 e. The predicted molar refractivity (Wildman–Crippen MR) is 316 cm³/mol. The SMILES string of the molecule is CCC/C(=C(/CCC)c1cc(Oc2ccccc2)c2cc(N(c3ccc(-c4ccc5ccccc5c4)cc3)c3ccc(-c4ccc5ccccc5c4)cc3)cc(Oc3ccccc3)c2c1)c1cnc2ccccc2c1.